The minimum Gasteiger partial charge on any atom is -0.337 e. The van der Waals surface area contributed by atoms with Gasteiger partial charge in [-0.25, -0.2) is 4.98 Å². The first-order valence-corrected chi connectivity index (χ1v) is 6.79. The van der Waals surface area contributed by atoms with Crippen molar-refractivity contribution in [2.24, 2.45) is 7.05 Å². The molecule has 3 nitrogen and oxygen atoms in total. The Morgan fingerprint density at radius 3 is 2.47 bits per heavy atom. The molecule has 1 N–H and O–H groups in total. The maximum atomic E-state index is 4.40. The van der Waals surface area contributed by atoms with Crippen molar-refractivity contribution in [3.8, 4) is 0 Å². The van der Waals surface area contributed by atoms with Gasteiger partial charge >= 0.3 is 0 Å². The molecular formula is C16H23N3. The summed E-state index contributed by atoms with van der Waals surface area (Å²) in [5.74, 6) is 1.07. The Balaban J connectivity index is 2.13. The first-order valence-electron chi connectivity index (χ1n) is 6.79. The van der Waals surface area contributed by atoms with Gasteiger partial charge in [-0.2, -0.15) is 0 Å². The number of aromatic nitrogens is 2. The van der Waals surface area contributed by atoms with Crippen LogP contribution < -0.4 is 5.32 Å². The number of rotatable bonds is 4. The van der Waals surface area contributed by atoms with Gasteiger partial charge in [-0.3, -0.25) is 0 Å². The molecule has 3 heteroatoms. The molecule has 0 aliphatic carbocycles. The molecule has 2 unspecified atom stereocenters. The number of hydrogen-bond acceptors (Lipinski definition) is 2. The summed E-state index contributed by atoms with van der Waals surface area (Å²) in [6, 6.07) is 7.17. The van der Waals surface area contributed by atoms with Gasteiger partial charge in [-0.05, 0) is 38.8 Å². The molecule has 1 heterocycles. The van der Waals surface area contributed by atoms with Crippen molar-refractivity contribution < 1.29 is 0 Å². The summed E-state index contributed by atoms with van der Waals surface area (Å²) < 4.78 is 2.06. The minimum atomic E-state index is 0.232. The molecule has 2 aromatic rings. The van der Waals surface area contributed by atoms with E-state index in [1.807, 2.05) is 19.4 Å². The molecule has 0 aliphatic rings. The number of nitrogens with zero attached hydrogens (tertiary/aromatic N) is 2. The van der Waals surface area contributed by atoms with E-state index >= 15 is 0 Å². The van der Waals surface area contributed by atoms with E-state index in [0.717, 1.165) is 5.82 Å². The van der Waals surface area contributed by atoms with Crippen LogP contribution in [0.1, 0.15) is 48.4 Å². The molecule has 0 amide bonds. The molecule has 102 valence electrons. The van der Waals surface area contributed by atoms with Gasteiger partial charge in [0.2, 0.25) is 0 Å². The number of benzene rings is 1. The zero-order valence-corrected chi connectivity index (χ0v) is 12.4. The normalized spacial score (nSPS) is 14.4. The molecule has 1 aromatic heterocycles. The van der Waals surface area contributed by atoms with Crippen LogP contribution in [0.2, 0.25) is 0 Å². The maximum absolute atomic E-state index is 4.40. The highest BCUT2D eigenvalue weighted by molar-refractivity contribution is 5.32. The van der Waals surface area contributed by atoms with E-state index in [-0.39, 0.29) is 6.04 Å². The summed E-state index contributed by atoms with van der Waals surface area (Å²) in [5.41, 5.74) is 4.00. The predicted octanol–water partition coefficient (Wildman–Crippen LogP) is 3.45. The first-order chi connectivity index (χ1) is 8.99. The Bertz CT molecular complexity index is 557. The fourth-order valence-electron chi connectivity index (χ4n) is 2.65. The predicted molar refractivity (Wildman–Crippen MR) is 79.1 cm³/mol. The lowest BCUT2D eigenvalue weighted by atomic mass is 10.00. The second-order valence-electron chi connectivity index (χ2n) is 5.37. The zero-order valence-electron chi connectivity index (χ0n) is 12.4. The van der Waals surface area contributed by atoms with Gasteiger partial charge < -0.3 is 9.88 Å². The van der Waals surface area contributed by atoms with Crippen molar-refractivity contribution in [1.82, 2.24) is 14.9 Å². The van der Waals surface area contributed by atoms with Crippen molar-refractivity contribution in [2.75, 3.05) is 0 Å². The van der Waals surface area contributed by atoms with Crippen molar-refractivity contribution in [1.29, 1.82) is 0 Å². The van der Waals surface area contributed by atoms with E-state index in [9.17, 15) is 0 Å². The topological polar surface area (TPSA) is 29.9 Å². The molecule has 0 saturated carbocycles. The van der Waals surface area contributed by atoms with E-state index in [1.165, 1.54) is 16.7 Å². The zero-order chi connectivity index (χ0) is 14.0. The highest BCUT2D eigenvalue weighted by Gasteiger charge is 2.15. The van der Waals surface area contributed by atoms with E-state index in [4.69, 9.17) is 0 Å². The second kappa shape index (κ2) is 5.57. The largest absolute Gasteiger partial charge is 0.337 e. The average molecular weight is 257 g/mol. The van der Waals surface area contributed by atoms with Gasteiger partial charge in [0.1, 0.15) is 5.82 Å². The third kappa shape index (κ3) is 3.04. The van der Waals surface area contributed by atoms with Crippen molar-refractivity contribution in [2.45, 2.75) is 39.8 Å². The monoisotopic (exact) mass is 257 g/mol. The van der Waals surface area contributed by atoms with E-state index < -0.39 is 0 Å². The summed E-state index contributed by atoms with van der Waals surface area (Å²) in [6.45, 7) is 8.66. The van der Waals surface area contributed by atoms with Crippen LogP contribution >= 0.6 is 0 Å². The molecule has 0 radical (unpaired) electrons. The summed E-state index contributed by atoms with van der Waals surface area (Å²) in [5, 5.41) is 3.62. The molecule has 0 aliphatic heterocycles. The highest BCUT2D eigenvalue weighted by Crippen LogP contribution is 2.21. The van der Waals surface area contributed by atoms with Crippen LogP contribution in [0.3, 0.4) is 0 Å². The molecule has 2 atom stereocenters. The SMILES string of the molecule is Cc1ccc(C(C)NC(C)c2nccn2C)c(C)c1. The molecule has 0 fully saturated rings. The summed E-state index contributed by atoms with van der Waals surface area (Å²) in [7, 11) is 2.03. The van der Waals surface area contributed by atoms with Gasteiger partial charge in [0.25, 0.3) is 0 Å². The van der Waals surface area contributed by atoms with Crippen LogP contribution in [-0.4, -0.2) is 9.55 Å². The summed E-state index contributed by atoms with van der Waals surface area (Å²) >= 11 is 0. The van der Waals surface area contributed by atoms with E-state index in [1.54, 1.807) is 0 Å². The molecule has 2 rings (SSSR count). The molecular weight excluding hydrogens is 234 g/mol. The number of nitrogens with one attached hydrogen (secondary N) is 1. The maximum Gasteiger partial charge on any atom is 0.125 e. The van der Waals surface area contributed by atoms with Crippen molar-refractivity contribution >= 4 is 0 Å². The number of imidazole rings is 1. The lowest BCUT2D eigenvalue weighted by Crippen LogP contribution is -2.25. The van der Waals surface area contributed by atoms with Crippen LogP contribution in [0.15, 0.2) is 30.6 Å². The molecule has 1 aromatic carbocycles. The Kier molecular flexibility index (Phi) is 4.05. The lowest BCUT2D eigenvalue weighted by molar-refractivity contribution is 0.466. The average Bonchev–Trinajstić information content (AvgIpc) is 2.75. The fourth-order valence-corrected chi connectivity index (χ4v) is 2.65. The fraction of sp³-hybridized carbons (Fsp3) is 0.438. The van der Waals surface area contributed by atoms with E-state index in [2.05, 4.69) is 60.8 Å². The molecule has 19 heavy (non-hydrogen) atoms. The van der Waals surface area contributed by atoms with Gasteiger partial charge in [0, 0.05) is 25.5 Å². The second-order valence-corrected chi connectivity index (χ2v) is 5.37. The Labute approximate surface area is 115 Å². The lowest BCUT2D eigenvalue weighted by Gasteiger charge is -2.22. The quantitative estimate of drug-likeness (QED) is 0.909. The molecule has 0 spiro atoms. The van der Waals surface area contributed by atoms with Crippen LogP contribution in [0.5, 0.6) is 0 Å². The Morgan fingerprint density at radius 1 is 1.16 bits per heavy atom. The Hall–Kier alpha value is -1.61. The molecule has 0 bridgehead atoms. The molecule has 0 saturated heterocycles. The van der Waals surface area contributed by atoms with Crippen LogP contribution in [0, 0.1) is 13.8 Å². The van der Waals surface area contributed by atoms with Gasteiger partial charge in [0.15, 0.2) is 0 Å². The Morgan fingerprint density at radius 2 is 1.89 bits per heavy atom. The highest BCUT2D eigenvalue weighted by atomic mass is 15.1. The number of aryl methyl sites for hydroxylation is 3. The summed E-state index contributed by atoms with van der Waals surface area (Å²) in [6.07, 6.45) is 3.82. The first kappa shape index (κ1) is 13.8. The standard InChI is InChI=1S/C16H23N3/c1-11-6-7-15(12(2)10-11)13(3)18-14(4)16-17-8-9-19(16)5/h6-10,13-14,18H,1-5H3. The third-order valence-electron chi connectivity index (χ3n) is 3.64. The van der Waals surface area contributed by atoms with E-state index in [0.29, 0.717) is 6.04 Å². The van der Waals surface area contributed by atoms with Crippen molar-refractivity contribution in [3.63, 3.8) is 0 Å². The van der Waals surface area contributed by atoms with Gasteiger partial charge in [-0.15, -0.1) is 0 Å². The van der Waals surface area contributed by atoms with Crippen LogP contribution in [-0.2, 0) is 7.05 Å². The van der Waals surface area contributed by atoms with Crippen LogP contribution in [0.25, 0.3) is 0 Å². The third-order valence-corrected chi connectivity index (χ3v) is 3.64. The van der Waals surface area contributed by atoms with Crippen LogP contribution in [0.4, 0.5) is 0 Å². The number of hydrogen-bond donors (Lipinski definition) is 1. The van der Waals surface area contributed by atoms with Gasteiger partial charge in [-0.1, -0.05) is 23.8 Å². The van der Waals surface area contributed by atoms with Gasteiger partial charge in [0.05, 0.1) is 6.04 Å². The minimum absolute atomic E-state index is 0.232. The van der Waals surface area contributed by atoms with Crippen molar-refractivity contribution in [3.05, 3.63) is 53.1 Å². The smallest absolute Gasteiger partial charge is 0.125 e. The summed E-state index contributed by atoms with van der Waals surface area (Å²) in [4.78, 5) is 4.40.